The van der Waals surface area contributed by atoms with E-state index in [0.29, 0.717) is 11.6 Å². The number of aromatic nitrogens is 3. The van der Waals surface area contributed by atoms with Crippen molar-refractivity contribution < 1.29 is 0 Å². The van der Waals surface area contributed by atoms with Crippen LogP contribution in [-0.4, -0.2) is 21.3 Å². The molecule has 2 heterocycles. The van der Waals surface area contributed by atoms with Crippen molar-refractivity contribution in [2.24, 2.45) is 0 Å². The standard InChI is InChI=1S/C13H17ClN4/c1-4-15-8-12-11(14)5-6-13(16-12)18-10(3)7-9(2)17-18/h5-7,15H,4,8H2,1-3H3. The number of pyridine rings is 1. The van der Waals surface area contributed by atoms with Gasteiger partial charge in [0.15, 0.2) is 5.82 Å². The van der Waals surface area contributed by atoms with E-state index in [0.717, 1.165) is 29.4 Å². The second-order valence-electron chi connectivity index (χ2n) is 4.22. The average Bonchev–Trinajstić information content (AvgIpc) is 2.67. The molecule has 0 fully saturated rings. The molecule has 0 amide bonds. The molecule has 2 aromatic heterocycles. The van der Waals surface area contributed by atoms with Gasteiger partial charge in [-0.3, -0.25) is 0 Å². The summed E-state index contributed by atoms with van der Waals surface area (Å²) in [5.41, 5.74) is 2.90. The first-order chi connectivity index (χ1) is 8.61. The molecule has 0 radical (unpaired) electrons. The second-order valence-corrected chi connectivity index (χ2v) is 4.62. The van der Waals surface area contributed by atoms with Gasteiger partial charge in [-0.25, -0.2) is 9.67 Å². The molecule has 0 atom stereocenters. The van der Waals surface area contributed by atoms with Crippen LogP contribution in [0.2, 0.25) is 5.02 Å². The molecule has 0 aliphatic heterocycles. The summed E-state index contributed by atoms with van der Waals surface area (Å²) in [5, 5.41) is 8.33. The lowest BCUT2D eigenvalue weighted by Gasteiger charge is -2.08. The zero-order valence-electron chi connectivity index (χ0n) is 10.9. The van der Waals surface area contributed by atoms with E-state index < -0.39 is 0 Å². The highest BCUT2D eigenvalue weighted by Gasteiger charge is 2.08. The second kappa shape index (κ2) is 5.50. The molecule has 0 saturated heterocycles. The van der Waals surface area contributed by atoms with E-state index in [2.05, 4.69) is 22.3 Å². The Balaban J connectivity index is 2.37. The molecular weight excluding hydrogens is 248 g/mol. The van der Waals surface area contributed by atoms with Gasteiger partial charge >= 0.3 is 0 Å². The summed E-state index contributed by atoms with van der Waals surface area (Å²) in [6.07, 6.45) is 0. The van der Waals surface area contributed by atoms with Gasteiger partial charge in [0, 0.05) is 12.2 Å². The summed E-state index contributed by atoms with van der Waals surface area (Å²) >= 11 is 6.13. The lowest BCUT2D eigenvalue weighted by atomic mass is 10.3. The highest BCUT2D eigenvalue weighted by molar-refractivity contribution is 6.31. The quantitative estimate of drug-likeness (QED) is 0.923. The number of hydrogen-bond donors (Lipinski definition) is 1. The van der Waals surface area contributed by atoms with Gasteiger partial charge in [0.05, 0.1) is 16.4 Å². The Morgan fingerprint density at radius 2 is 2.11 bits per heavy atom. The maximum atomic E-state index is 6.13. The molecule has 1 N–H and O–H groups in total. The third-order valence-electron chi connectivity index (χ3n) is 2.67. The van der Waals surface area contributed by atoms with Gasteiger partial charge in [0.2, 0.25) is 0 Å². The van der Waals surface area contributed by atoms with Gasteiger partial charge in [-0.15, -0.1) is 0 Å². The first-order valence-electron chi connectivity index (χ1n) is 6.01. The summed E-state index contributed by atoms with van der Waals surface area (Å²) in [4.78, 5) is 4.56. The molecule has 2 rings (SSSR count). The number of nitrogens with zero attached hydrogens (tertiary/aromatic N) is 3. The maximum absolute atomic E-state index is 6.13. The van der Waals surface area contributed by atoms with Crippen LogP contribution in [0.4, 0.5) is 0 Å². The highest BCUT2D eigenvalue weighted by atomic mass is 35.5. The zero-order chi connectivity index (χ0) is 13.1. The monoisotopic (exact) mass is 264 g/mol. The van der Waals surface area contributed by atoms with Crippen LogP contribution in [0.1, 0.15) is 24.0 Å². The molecule has 0 aliphatic carbocycles. The Morgan fingerprint density at radius 1 is 1.33 bits per heavy atom. The first-order valence-corrected chi connectivity index (χ1v) is 6.39. The van der Waals surface area contributed by atoms with Gasteiger partial charge < -0.3 is 5.32 Å². The summed E-state index contributed by atoms with van der Waals surface area (Å²) in [6, 6.07) is 5.78. The van der Waals surface area contributed by atoms with E-state index in [1.54, 1.807) is 0 Å². The Bertz CT molecular complexity index is 548. The topological polar surface area (TPSA) is 42.7 Å². The fourth-order valence-corrected chi connectivity index (χ4v) is 1.99. The van der Waals surface area contributed by atoms with Gasteiger partial charge in [-0.1, -0.05) is 18.5 Å². The van der Waals surface area contributed by atoms with Crippen LogP contribution in [0.5, 0.6) is 0 Å². The molecule has 0 unspecified atom stereocenters. The summed E-state index contributed by atoms with van der Waals surface area (Å²) < 4.78 is 1.83. The molecule has 96 valence electrons. The van der Waals surface area contributed by atoms with Crippen molar-refractivity contribution in [3.8, 4) is 5.82 Å². The van der Waals surface area contributed by atoms with Crippen LogP contribution in [0, 0.1) is 13.8 Å². The Labute approximate surface area is 112 Å². The van der Waals surface area contributed by atoms with Crippen LogP contribution < -0.4 is 5.32 Å². The van der Waals surface area contributed by atoms with Crippen molar-refractivity contribution in [2.45, 2.75) is 27.3 Å². The predicted octanol–water partition coefficient (Wildman–Crippen LogP) is 2.65. The normalized spacial score (nSPS) is 10.9. The van der Waals surface area contributed by atoms with E-state index >= 15 is 0 Å². The van der Waals surface area contributed by atoms with Crippen molar-refractivity contribution in [1.82, 2.24) is 20.1 Å². The lowest BCUT2D eigenvalue weighted by Crippen LogP contribution is -2.14. The number of nitrogens with one attached hydrogen (secondary N) is 1. The third kappa shape index (κ3) is 2.71. The number of halogens is 1. The molecular formula is C13H17ClN4. The Morgan fingerprint density at radius 3 is 2.72 bits per heavy atom. The molecule has 0 bridgehead atoms. The van der Waals surface area contributed by atoms with Crippen molar-refractivity contribution in [2.75, 3.05) is 6.54 Å². The van der Waals surface area contributed by atoms with Crippen molar-refractivity contribution >= 4 is 11.6 Å². The molecule has 0 aliphatic rings. The minimum Gasteiger partial charge on any atom is -0.311 e. The Kier molecular flexibility index (Phi) is 3.99. The van der Waals surface area contributed by atoms with E-state index in [-0.39, 0.29) is 0 Å². The van der Waals surface area contributed by atoms with Gasteiger partial charge in [-0.2, -0.15) is 5.10 Å². The lowest BCUT2D eigenvalue weighted by molar-refractivity contribution is 0.702. The van der Waals surface area contributed by atoms with Crippen LogP contribution in [0.15, 0.2) is 18.2 Å². The largest absolute Gasteiger partial charge is 0.311 e. The van der Waals surface area contributed by atoms with Gasteiger partial charge in [0.1, 0.15) is 0 Å². The van der Waals surface area contributed by atoms with Gasteiger partial charge in [0.25, 0.3) is 0 Å². The molecule has 0 saturated carbocycles. The minimum absolute atomic E-state index is 0.669. The average molecular weight is 265 g/mol. The number of aryl methyl sites for hydroxylation is 2. The minimum atomic E-state index is 0.669. The van der Waals surface area contributed by atoms with Crippen molar-refractivity contribution in [3.63, 3.8) is 0 Å². The van der Waals surface area contributed by atoms with Crippen molar-refractivity contribution in [3.05, 3.63) is 40.3 Å². The highest BCUT2D eigenvalue weighted by Crippen LogP contribution is 2.17. The molecule has 0 spiro atoms. The maximum Gasteiger partial charge on any atom is 0.154 e. The number of rotatable bonds is 4. The van der Waals surface area contributed by atoms with Crippen LogP contribution in [0.3, 0.4) is 0 Å². The molecule has 5 heteroatoms. The van der Waals surface area contributed by atoms with Crippen molar-refractivity contribution in [1.29, 1.82) is 0 Å². The van der Waals surface area contributed by atoms with Gasteiger partial charge in [-0.05, 0) is 38.6 Å². The van der Waals surface area contributed by atoms with E-state index in [4.69, 9.17) is 11.6 Å². The molecule has 2 aromatic rings. The van der Waals surface area contributed by atoms with E-state index in [1.807, 2.05) is 36.7 Å². The summed E-state index contributed by atoms with van der Waals surface area (Å²) in [5.74, 6) is 0.804. The summed E-state index contributed by atoms with van der Waals surface area (Å²) in [7, 11) is 0. The first kappa shape index (κ1) is 13.1. The fourth-order valence-electron chi connectivity index (χ4n) is 1.82. The number of hydrogen-bond acceptors (Lipinski definition) is 3. The summed E-state index contributed by atoms with van der Waals surface area (Å²) in [6.45, 7) is 7.60. The Hall–Kier alpha value is -1.39. The predicted molar refractivity (Wildman–Crippen MR) is 73.2 cm³/mol. The molecule has 0 aromatic carbocycles. The third-order valence-corrected chi connectivity index (χ3v) is 3.02. The zero-order valence-corrected chi connectivity index (χ0v) is 11.6. The van der Waals surface area contributed by atoms with Crippen LogP contribution in [0.25, 0.3) is 5.82 Å². The smallest absolute Gasteiger partial charge is 0.154 e. The van der Waals surface area contributed by atoms with Crippen LogP contribution in [-0.2, 0) is 6.54 Å². The molecule has 18 heavy (non-hydrogen) atoms. The van der Waals surface area contributed by atoms with E-state index in [1.165, 1.54) is 0 Å². The van der Waals surface area contributed by atoms with E-state index in [9.17, 15) is 0 Å². The molecule has 4 nitrogen and oxygen atoms in total. The SMILES string of the molecule is CCNCc1nc(-n2nc(C)cc2C)ccc1Cl. The van der Waals surface area contributed by atoms with Crippen LogP contribution >= 0.6 is 11.6 Å². The fraction of sp³-hybridized carbons (Fsp3) is 0.385.